The van der Waals surface area contributed by atoms with Crippen molar-refractivity contribution < 1.29 is 0 Å². The minimum absolute atomic E-state index is 0.702. The van der Waals surface area contributed by atoms with Gasteiger partial charge in [0.05, 0.1) is 6.54 Å². The maximum Gasteiger partial charge on any atom is 0.122 e. The number of aryl methyl sites for hydroxylation is 1. The molecule has 1 aromatic heterocycles. The summed E-state index contributed by atoms with van der Waals surface area (Å²) < 4.78 is 2.48. The van der Waals surface area contributed by atoms with Crippen LogP contribution in [0.15, 0.2) is 182 Å². The summed E-state index contributed by atoms with van der Waals surface area (Å²) in [4.78, 5) is 4.81. The van der Waals surface area contributed by atoms with Gasteiger partial charge < -0.3 is 4.57 Å². The Hall–Kier alpha value is -6.06. The second-order valence-corrected chi connectivity index (χ2v) is 12.0. The van der Waals surface area contributed by atoms with Gasteiger partial charge in [-0.05, 0) is 94.2 Å². The van der Waals surface area contributed by atoms with E-state index in [-0.39, 0.29) is 0 Å². The van der Waals surface area contributed by atoms with Crippen LogP contribution >= 0.6 is 0 Å². The van der Waals surface area contributed by atoms with Crippen LogP contribution in [0.1, 0.15) is 11.1 Å². The number of rotatable bonds is 8. The Morgan fingerprint density at radius 1 is 0.404 bits per heavy atom. The van der Waals surface area contributed by atoms with E-state index in [1.54, 1.807) is 0 Å². The van der Waals surface area contributed by atoms with E-state index in [9.17, 15) is 0 Å². The fourth-order valence-corrected chi connectivity index (χ4v) is 6.65. The topological polar surface area (TPSA) is 11.4 Å². The molecule has 3 nitrogen and oxygen atoms in total. The van der Waals surface area contributed by atoms with E-state index in [2.05, 4.69) is 203 Å². The minimum atomic E-state index is 0.702. The van der Waals surface area contributed by atoms with Crippen LogP contribution in [0, 0.1) is 6.92 Å². The molecule has 3 heteroatoms. The fourth-order valence-electron chi connectivity index (χ4n) is 6.65. The Morgan fingerprint density at radius 2 is 0.851 bits per heavy atom. The third kappa shape index (κ3) is 5.53. The van der Waals surface area contributed by atoms with Gasteiger partial charge in [0, 0.05) is 22.7 Å². The van der Waals surface area contributed by atoms with Gasteiger partial charge in [0.25, 0.3) is 0 Å². The van der Waals surface area contributed by atoms with Gasteiger partial charge in [-0.25, -0.2) is 0 Å². The van der Waals surface area contributed by atoms with Crippen LogP contribution in [0.4, 0.5) is 34.4 Å². The number of benzene rings is 7. The SMILES string of the molecule is Cc1cc(N(c2ccccc2)c2ccc3ccccc3c2)n(Cc2ccccc2)c1N(c1ccccc1)c1ccc2ccccc2c1. The second kappa shape index (κ2) is 12.4. The summed E-state index contributed by atoms with van der Waals surface area (Å²) in [5, 5.41) is 4.89. The average molecular weight is 606 g/mol. The van der Waals surface area contributed by atoms with Gasteiger partial charge in [0.2, 0.25) is 0 Å². The van der Waals surface area contributed by atoms with Crippen LogP contribution in [-0.4, -0.2) is 4.57 Å². The first kappa shape index (κ1) is 28.4. The molecule has 0 radical (unpaired) electrons. The molecule has 0 spiro atoms. The van der Waals surface area contributed by atoms with Crippen LogP contribution in [0.5, 0.6) is 0 Å². The van der Waals surface area contributed by atoms with Crippen molar-refractivity contribution in [2.75, 3.05) is 9.80 Å². The van der Waals surface area contributed by atoms with Crippen molar-refractivity contribution in [3.05, 3.63) is 193 Å². The van der Waals surface area contributed by atoms with Crippen LogP contribution in [-0.2, 0) is 6.54 Å². The molecule has 0 unspecified atom stereocenters. The Balaban J connectivity index is 1.40. The summed E-state index contributed by atoms with van der Waals surface area (Å²) in [7, 11) is 0. The maximum atomic E-state index is 2.48. The van der Waals surface area contributed by atoms with Crippen molar-refractivity contribution in [3.63, 3.8) is 0 Å². The number of nitrogens with zero attached hydrogens (tertiary/aromatic N) is 3. The molecule has 0 bridgehead atoms. The molecule has 7 aromatic carbocycles. The number of hydrogen-bond donors (Lipinski definition) is 0. The van der Waals surface area contributed by atoms with Gasteiger partial charge >= 0.3 is 0 Å². The second-order valence-electron chi connectivity index (χ2n) is 12.0. The summed E-state index contributed by atoms with van der Waals surface area (Å²) in [6, 6.07) is 65.3. The minimum Gasteiger partial charge on any atom is -0.309 e. The average Bonchev–Trinajstić information content (AvgIpc) is 3.43. The predicted molar refractivity (Wildman–Crippen MR) is 199 cm³/mol. The van der Waals surface area contributed by atoms with Crippen LogP contribution in [0.2, 0.25) is 0 Å². The predicted octanol–water partition coefficient (Wildman–Crippen LogP) is 12.1. The molecular weight excluding hydrogens is 571 g/mol. The van der Waals surface area contributed by atoms with Gasteiger partial charge in [-0.2, -0.15) is 0 Å². The van der Waals surface area contributed by atoms with Crippen molar-refractivity contribution in [1.29, 1.82) is 0 Å². The normalized spacial score (nSPS) is 11.2. The molecule has 0 saturated carbocycles. The van der Waals surface area contributed by atoms with Crippen molar-refractivity contribution in [2.24, 2.45) is 0 Å². The third-order valence-corrected chi connectivity index (χ3v) is 8.87. The smallest absolute Gasteiger partial charge is 0.122 e. The largest absolute Gasteiger partial charge is 0.309 e. The molecule has 1 heterocycles. The molecule has 47 heavy (non-hydrogen) atoms. The zero-order valence-electron chi connectivity index (χ0n) is 26.4. The van der Waals surface area contributed by atoms with E-state index in [0.717, 1.165) is 34.4 Å². The molecule has 8 rings (SSSR count). The van der Waals surface area contributed by atoms with E-state index >= 15 is 0 Å². The molecule has 0 amide bonds. The lowest BCUT2D eigenvalue weighted by Gasteiger charge is -2.31. The zero-order chi connectivity index (χ0) is 31.6. The molecule has 0 aliphatic heterocycles. The number of anilines is 6. The fraction of sp³-hybridized carbons (Fsp3) is 0.0455. The van der Waals surface area contributed by atoms with Crippen molar-refractivity contribution in [1.82, 2.24) is 4.57 Å². The summed E-state index contributed by atoms with van der Waals surface area (Å²) in [6.45, 7) is 2.94. The van der Waals surface area contributed by atoms with E-state index in [0.29, 0.717) is 6.54 Å². The van der Waals surface area contributed by atoms with Crippen molar-refractivity contribution in [2.45, 2.75) is 13.5 Å². The molecule has 0 N–H and O–H groups in total. The molecule has 8 aromatic rings. The Morgan fingerprint density at radius 3 is 1.40 bits per heavy atom. The Bertz CT molecular complexity index is 2290. The van der Waals surface area contributed by atoms with Gasteiger partial charge in [0.1, 0.15) is 11.6 Å². The summed E-state index contributed by atoms with van der Waals surface area (Å²) in [6.07, 6.45) is 0. The summed E-state index contributed by atoms with van der Waals surface area (Å²) >= 11 is 0. The highest BCUT2D eigenvalue weighted by molar-refractivity contribution is 5.92. The molecular formula is C44H35N3. The number of fused-ring (bicyclic) bond motifs is 2. The molecule has 226 valence electrons. The number of para-hydroxylation sites is 2. The summed E-state index contributed by atoms with van der Waals surface area (Å²) in [5.74, 6) is 2.23. The van der Waals surface area contributed by atoms with Crippen molar-refractivity contribution >= 4 is 55.9 Å². The van der Waals surface area contributed by atoms with Crippen molar-refractivity contribution in [3.8, 4) is 0 Å². The van der Waals surface area contributed by atoms with Crippen LogP contribution in [0.25, 0.3) is 21.5 Å². The first-order valence-electron chi connectivity index (χ1n) is 16.1. The van der Waals surface area contributed by atoms with E-state index < -0.39 is 0 Å². The van der Waals surface area contributed by atoms with E-state index in [1.807, 2.05) is 0 Å². The Kier molecular flexibility index (Phi) is 7.49. The lowest BCUT2D eigenvalue weighted by molar-refractivity contribution is 0.797. The molecule has 0 aliphatic carbocycles. The molecule has 0 saturated heterocycles. The summed E-state index contributed by atoms with van der Waals surface area (Å²) in [5.41, 5.74) is 6.89. The van der Waals surface area contributed by atoms with Gasteiger partial charge in [0.15, 0.2) is 0 Å². The quantitative estimate of drug-likeness (QED) is 0.171. The standard InChI is InChI=1S/C44H35N3/c1-33-29-43(46(39-21-7-3-8-22-39)41-27-25-35-17-11-13-19-37(35)30-41)45(32-34-15-5-2-6-16-34)44(33)47(40-23-9-4-10-24-40)42-28-26-36-18-12-14-20-38(36)31-42/h2-31H,32H2,1H3. The number of aromatic nitrogens is 1. The Labute approximate surface area is 276 Å². The highest BCUT2D eigenvalue weighted by Crippen LogP contribution is 2.45. The van der Waals surface area contributed by atoms with Gasteiger partial charge in [-0.1, -0.05) is 127 Å². The van der Waals surface area contributed by atoms with Crippen LogP contribution < -0.4 is 9.80 Å². The van der Waals surface area contributed by atoms with E-state index in [4.69, 9.17) is 0 Å². The van der Waals surface area contributed by atoms with Crippen LogP contribution in [0.3, 0.4) is 0 Å². The van der Waals surface area contributed by atoms with Gasteiger partial charge in [-0.3, -0.25) is 9.80 Å². The first-order valence-corrected chi connectivity index (χ1v) is 16.1. The first-order chi connectivity index (χ1) is 23.2. The zero-order valence-corrected chi connectivity index (χ0v) is 26.4. The van der Waals surface area contributed by atoms with Gasteiger partial charge in [-0.15, -0.1) is 0 Å². The highest BCUT2D eigenvalue weighted by atomic mass is 15.3. The lowest BCUT2D eigenvalue weighted by atomic mass is 10.1. The highest BCUT2D eigenvalue weighted by Gasteiger charge is 2.26. The molecule has 0 aliphatic rings. The maximum absolute atomic E-state index is 2.48. The number of hydrogen-bond acceptors (Lipinski definition) is 2. The third-order valence-electron chi connectivity index (χ3n) is 8.87. The molecule has 0 fully saturated rings. The molecule has 0 atom stereocenters. The van der Waals surface area contributed by atoms with E-state index in [1.165, 1.54) is 32.7 Å². The monoisotopic (exact) mass is 605 g/mol. The lowest BCUT2D eigenvalue weighted by Crippen LogP contribution is -2.20.